The summed E-state index contributed by atoms with van der Waals surface area (Å²) in [6.45, 7) is 7.36. The lowest BCUT2D eigenvalue weighted by atomic mass is 10.1. The van der Waals surface area contributed by atoms with Crippen LogP contribution in [-0.4, -0.2) is 30.1 Å². The Morgan fingerprint density at radius 3 is 2.88 bits per heavy atom. The monoisotopic (exact) mass is 342 g/mol. The van der Waals surface area contributed by atoms with Crippen LogP contribution in [0.2, 0.25) is 0 Å². The molecule has 2 aromatic heterocycles. The first kappa shape index (κ1) is 16.9. The Morgan fingerprint density at radius 2 is 2.08 bits per heavy atom. The maximum Gasteiger partial charge on any atom is 0.261 e. The molecule has 0 bridgehead atoms. The second-order valence-electron chi connectivity index (χ2n) is 6.22. The first-order valence-electron chi connectivity index (χ1n) is 8.23. The molecule has 1 amide bonds. The first-order valence-corrected chi connectivity index (χ1v) is 9.05. The van der Waals surface area contributed by atoms with Crippen molar-refractivity contribution in [2.24, 2.45) is 0 Å². The van der Waals surface area contributed by atoms with E-state index in [1.54, 1.807) is 0 Å². The molecule has 0 aliphatic rings. The fraction of sp³-hybridized carbons (Fsp3) is 0.368. The molecule has 0 fully saturated rings. The minimum Gasteiger partial charge on any atom is -0.379 e. The summed E-state index contributed by atoms with van der Waals surface area (Å²) in [5, 5.41) is 5.07. The van der Waals surface area contributed by atoms with Crippen molar-refractivity contribution in [3.63, 3.8) is 0 Å². The minimum atomic E-state index is -0.0391. The van der Waals surface area contributed by atoms with Crippen molar-refractivity contribution >= 4 is 38.4 Å². The van der Waals surface area contributed by atoms with Gasteiger partial charge in [-0.1, -0.05) is 12.1 Å². The van der Waals surface area contributed by atoms with Gasteiger partial charge in [0.25, 0.3) is 5.91 Å². The van der Waals surface area contributed by atoms with E-state index in [4.69, 9.17) is 4.74 Å². The van der Waals surface area contributed by atoms with Crippen molar-refractivity contribution in [2.45, 2.75) is 33.3 Å². The summed E-state index contributed by atoms with van der Waals surface area (Å²) < 4.78 is 5.47. The number of hydrogen-bond donors (Lipinski definition) is 1. The molecule has 0 radical (unpaired) electrons. The van der Waals surface area contributed by atoms with Gasteiger partial charge in [-0.2, -0.15) is 0 Å². The predicted octanol–water partition coefficient (Wildman–Crippen LogP) is 4.30. The van der Waals surface area contributed by atoms with E-state index in [1.165, 1.54) is 16.9 Å². The smallest absolute Gasteiger partial charge is 0.261 e. The number of fused-ring (bicyclic) bond motifs is 2. The van der Waals surface area contributed by atoms with Gasteiger partial charge in [0.15, 0.2) is 0 Å². The Kier molecular flexibility index (Phi) is 5.11. The molecule has 4 nitrogen and oxygen atoms in total. The van der Waals surface area contributed by atoms with Crippen LogP contribution in [0, 0.1) is 6.92 Å². The molecule has 126 valence electrons. The summed E-state index contributed by atoms with van der Waals surface area (Å²) in [6, 6.07) is 10.2. The summed E-state index contributed by atoms with van der Waals surface area (Å²) in [5.74, 6) is -0.0391. The number of amides is 1. The molecule has 0 saturated heterocycles. The van der Waals surface area contributed by atoms with Crippen LogP contribution in [0.5, 0.6) is 0 Å². The summed E-state index contributed by atoms with van der Waals surface area (Å²) >= 11 is 1.44. The van der Waals surface area contributed by atoms with Gasteiger partial charge < -0.3 is 10.1 Å². The number of pyridine rings is 1. The van der Waals surface area contributed by atoms with Crippen molar-refractivity contribution in [3.05, 3.63) is 40.8 Å². The lowest BCUT2D eigenvalue weighted by molar-refractivity contribution is 0.0757. The number of benzene rings is 1. The summed E-state index contributed by atoms with van der Waals surface area (Å²) in [5.41, 5.74) is 2.16. The number of nitrogens with one attached hydrogen (secondary N) is 1. The van der Waals surface area contributed by atoms with E-state index in [0.29, 0.717) is 18.0 Å². The van der Waals surface area contributed by atoms with E-state index in [9.17, 15) is 4.79 Å². The molecule has 0 saturated carbocycles. The van der Waals surface area contributed by atoms with Crippen molar-refractivity contribution in [1.29, 1.82) is 0 Å². The Bertz CT molecular complexity index is 870. The number of aryl methyl sites for hydroxylation is 1. The van der Waals surface area contributed by atoms with Crippen molar-refractivity contribution in [3.8, 4) is 0 Å². The number of hydrogen-bond acceptors (Lipinski definition) is 4. The highest BCUT2D eigenvalue weighted by atomic mass is 32.1. The van der Waals surface area contributed by atoms with Crippen molar-refractivity contribution < 1.29 is 9.53 Å². The fourth-order valence-corrected chi connectivity index (χ4v) is 3.47. The van der Waals surface area contributed by atoms with Crippen LogP contribution in [0.25, 0.3) is 21.1 Å². The van der Waals surface area contributed by atoms with Gasteiger partial charge in [-0.15, -0.1) is 11.3 Å². The zero-order valence-electron chi connectivity index (χ0n) is 14.3. The number of thiophene rings is 1. The van der Waals surface area contributed by atoms with Gasteiger partial charge in [-0.05, 0) is 51.0 Å². The number of carbonyl (C=O) groups excluding carboxylic acids is 1. The quantitative estimate of drug-likeness (QED) is 0.679. The average molecular weight is 342 g/mol. The predicted molar refractivity (Wildman–Crippen MR) is 99.9 cm³/mol. The molecule has 0 atom stereocenters. The third-order valence-corrected chi connectivity index (χ3v) is 4.78. The standard InChI is InChI=1S/C19H22N2O2S/c1-12(2)23-8-4-7-20-18(22)17-11-15-10-14-6-5-13(3)9-16(14)21-19(15)24-17/h5-6,9-12H,4,7-8H2,1-3H3,(H,20,22). The van der Waals surface area contributed by atoms with E-state index in [1.807, 2.05) is 19.9 Å². The molecule has 0 spiro atoms. The Balaban J connectivity index is 1.70. The van der Waals surface area contributed by atoms with Crippen molar-refractivity contribution in [2.75, 3.05) is 13.2 Å². The highest BCUT2D eigenvalue weighted by Crippen LogP contribution is 2.27. The van der Waals surface area contributed by atoms with E-state index >= 15 is 0 Å². The van der Waals surface area contributed by atoms with Crippen LogP contribution in [0.15, 0.2) is 30.3 Å². The van der Waals surface area contributed by atoms with Gasteiger partial charge in [-0.3, -0.25) is 4.79 Å². The third kappa shape index (κ3) is 3.91. The summed E-state index contributed by atoms with van der Waals surface area (Å²) in [6.07, 6.45) is 1.04. The maximum atomic E-state index is 12.3. The number of rotatable bonds is 6. The molecule has 3 rings (SSSR count). The molecule has 1 aromatic carbocycles. The molecule has 5 heteroatoms. The van der Waals surface area contributed by atoms with E-state index in [0.717, 1.165) is 27.5 Å². The van der Waals surface area contributed by atoms with E-state index in [2.05, 4.69) is 41.5 Å². The number of ether oxygens (including phenoxy) is 1. The molecule has 0 aliphatic carbocycles. The molecule has 0 unspecified atom stereocenters. The zero-order valence-corrected chi connectivity index (χ0v) is 15.1. The van der Waals surface area contributed by atoms with Gasteiger partial charge in [0.05, 0.1) is 16.5 Å². The summed E-state index contributed by atoms with van der Waals surface area (Å²) in [4.78, 5) is 18.6. The lowest BCUT2D eigenvalue weighted by Crippen LogP contribution is -2.24. The molecular formula is C19H22N2O2S. The SMILES string of the molecule is Cc1ccc2cc3cc(C(=O)NCCCOC(C)C)sc3nc2c1. The van der Waals surface area contributed by atoms with Crippen LogP contribution in [-0.2, 0) is 4.74 Å². The number of nitrogens with zero attached hydrogens (tertiary/aromatic N) is 1. The highest BCUT2D eigenvalue weighted by molar-refractivity contribution is 7.20. The fourth-order valence-electron chi connectivity index (χ4n) is 2.53. The van der Waals surface area contributed by atoms with Crippen LogP contribution in [0.3, 0.4) is 0 Å². The van der Waals surface area contributed by atoms with E-state index < -0.39 is 0 Å². The van der Waals surface area contributed by atoms with Gasteiger partial charge in [0.1, 0.15) is 4.83 Å². The zero-order chi connectivity index (χ0) is 17.1. The molecule has 1 N–H and O–H groups in total. The second-order valence-corrected chi connectivity index (χ2v) is 7.25. The number of carbonyl (C=O) groups is 1. The Morgan fingerprint density at radius 1 is 1.25 bits per heavy atom. The maximum absolute atomic E-state index is 12.3. The first-order chi connectivity index (χ1) is 11.5. The van der Waals surface area contributed by atoms with Crippen LogP contribution < -0.4 is 5.32 Å². The molecule has 2 heterocycles. The largest absolute Gasteiger partial charge is 0.379 e. The molecule has 3 aromatic rings. The van der Waals surface area contributed by atoms with Crippen LogP contribution in [0.4, 0.5) is 0 Å². The Labute approximate surface area is 145 Å². The average Bonchev–Trinajstić information content (AvgIpc) is 2.94. The topological polar surface area (TPSA) is 51.2 Å². The minimum absolute atomic E-state index is 0.0391. The lowest BCUT2D eigenvalue weighted by Gasteiger charge is -2.07. The van der Waals surface area contributed by atoms with Gasteiger partial charge in [0, 0.05) is 23.9 Å². The van der Waals surface area contributed by atoms with Crippen molar-refractivity contribution in [1.82, 2.24) is 10.3 Å². The number of aromatic nitrogens is 1. The second kappa shape index (κ2) is 7.28. The normalized spacial score (nSPS) is 11.5. The molecule has 24 heavy (non-hydrogen) atoms. The molecular weight excluding hydrogens is 320 g/mol. The van der Waals surface area contributed by atoms with Gasteiger partial charge >= 0.3 is 0 Å². The van der Waals surface area contributed by atoms with Gasteiger partial charge in [-0.25, -0.2) is 4.98 Å². The third-order valence-electron chi connectivity index (χ3n) is 3.74. The summed E-state index contributed by atoms with van der Waals surface area (Å²) in [7, 11) is 0. The Hall–Kier alpha value is -1.98. The van der Waals surface area contributed by atoms with Crippen LogP contribution in [0.1, 0.15) is 35.5 Å². The van der Waals surface area contributed by atoms with E-state index in [-0.39, 0.29) is 12.0 Å². The molecule has 0 aliphatic heterocycles. The highest BCUT2D eigenvalue weighted by Gasteiger charge is 2.11. The van der Waals surface area contributed by atoms with Crippen LogP contribution >= 0.6 is 11.3 Å². The van der Waals surface area contributed by atoms with Gasteiger partial charge in [0.2, 0.25) is 0 Å².